The van der Waals surface area contributed by atoms with Gasteiger partial charge in [0.25, 0.3) is 0 Å². The molecule has 1 heterocycles. The zero-order valence-electron chi connectivity index (χ0n) is 12.3. The predicted octanol–water partition coefficient (Wildman–Crippen LogP) is 3.62. The van der Waals surface area contributed by atoms with Crippen molar-refractivity contribution in [1.82, 2.24) is 20.6 Å². The number of H-pyrrole nitrogens is 1. The fourth-order valence-corrected chi connectivity index (χ4v) is 1.96. The first-order chi connectivity index (χ1) is 11.7. The van der Waals surface area contributed by atoms with Crippen LogP contribution in [-0.4, -0.2) is 20.6 Å². The second-order valence-electron chi connectivity index (χ2n) is 4.63. The Balaban J connectivity index is 1.66. The summed E-state index contributed by atoms with van der Waals surface area (Å²) in [5, 5.41) is 26.0. The van der Waals surface area contributed by atoms with Gasteiger partial charge in [-0.2, -0.15) is 10.5 Å². The van der Waals surface area contributed by atoms with Crippen molar-refractivity contribution in [3.8, 4) is 17.6 Å². The molecule has 0 radical (unpaired) electrons. The van der Waals surface area contributed by atoms with E-state index in [0.717, 1.165) is 5.69 Å². The summed E-state index contributed by atoms with van der Waals surface area (Å²) >= 11 is 5.84. The van der Waals surface area contributed by atoms with E-state index in [0.29, 0.717) is 16.5 Å². The summed E-state index contributed by atoms with van der Waals surface area (Å²) in [7, 11) is 0. The van der Waals surface area contributed by atoms with Gasteiger partial charge in [-0.1, -0.05) is 11.6 Å². The highest BCUT2D eigenvalue weighted by Crippen LogP contribution is 2.24. The number of halogens is 1. The van der Waals surface area contributed by atoms with Crippen LogP contribution in [0.3, 0.4) is 0 Å². The monoisotopic (exact) mass is 338 g/mol. The second-order valence-corrected chi connectivity index (χ2v) is 5.07. The smallest absolute Gasteiger partial charge is 0.216 e. The maximum Gasteiger partial charge on any atom is 0.216 e. The number of benzene rings is 2. The van der Waals surface area contributed by atoms with Crippen LogP contribution >= 0.6 is 11.6 Å². The summed E-state index contributed by atoms with van der Waals surface area (Å²) < 4.78 is 5.71. The number of nitrogens with one attached hydrogen (secondary N) is 2. The van der Waals surface area contributed by atoms with Crippen LogP contribution in [0.2, 0.25) is 5.02 Å². The predicted molar refractivity (Wildman–Crippen MR) is 89.4 cm³/mol. The van der Waals surface area contributed by atoms with E-state index in [1.54, 1.807) is 24.3 Å². The highest BCUT2D eigenvalue weighted by Gasteiger charge is 2.05. The van der Waals surface area contributed by atoms with E-state index in [1.807, 2.05) is 30.3 Å². The van der Waals surface area contributed by atoms with Crippen LogP contribution in [0.1, 0.15) is 5.82 Å². The van der Waals surface area contributed by atoms with E-state index >= 15 is 0 Å². The van der Waals surface area contributed by atoms with E-state index in [2.05, 4.69) is 25.9 Å². The Labute approximate surface area is 142 Å². The Morgan fingerprint density at radius 1 is 1.12 bits per heavy atom. The van der Waals surface area contributed by atoms with Crippen LogP contribution in [0.4, 0.5) is 5.69 Å². The zero-order chi connectivity index (χ0) is 16.8. The van der Waals surface area contributed by atoms with Crippen LogP contribution in [0.25, 0.3) is 5.57 Å². The molecule has 0 atom stereocenters. The molecule has 2 aromatic carbocycles. The van der Waals surface area contributed by atoms with Gasteiger partial charge in [0, 0.05) is 16.9 Å². The van der Waals surface area contributed by atoms with Gasteiger partial charge in [0.05, 0.1) is 0 Å². The Kier molecular flexibility index (Phi) is 4.70. The van der Waals surface area contributed by atoms with Crippen molar-refractivity contribution in [3.05, 3.63) is 65.6 Å². The Morgan fingerprint density at radius 3 is 2.38 bits per heavy atom. The van der Waals surface area contributed by atoms with Crippen LogP contribution in [-0.2, 0) is 0 Å². The fraction of sp³-hybridized carbons (Fsp3) is 0. The number of nitrogens with zero attached hydrogens (tertiary/aromatic N) is 4. The van der Waals surface area contributed by atoms with Crippen LogP contribution in [0, 0.1) is 11.3 Å². The molecule has 0 unspecified atom stereocenters. The number of anilines is 1. The standard InChI is InChI=1S/C16H11ClN6O/c17-12-1-5-14(6-2-12)24-15-7-3-13(4-8-15)19-10-11(9-18)16-20-22-23-21-16/h1-8,10,19H,(H,20,21,22,23). The molecule has 0 aliphatic rings. The van der Waals surface area contributed by atoms with Crippen molar-refractivity contribution < 1.29 is 4.74 Å². The van der Waals surface area contributed by atoms with E-state index in [4.69, 9.17) is 21.6 Å². The van der Waals surface area contributed by atoms with Gasteiger partial charge in [-0.15, -0.1) is 10.2 Å². The first-order valence-corrected chi connectivity index (χ1v) is 7.26. The molecule has 2 N–H and O–H groups in total. The van der Waals surface area contributed by atoms with Crippen molar-refractivity contribution >= 4 is 22.9 Å². The number of aromatic amines is 1. The van der Waals surface area contributed by atoms with Gasteiger partial charge in [-0.25, -0.2) is 0 Å². The number of rotatable bonds is 5. The summed E-state index contributed by atoms with van der Waals surface area (Å²) in [5.41, 5.74) is 1.06. The SMILES string of the molecule is N#CC(=CNc1ccc(Oc2ccc(Cl)cc2)cc1)c1nn[nH]n1. The first-order valence-electron chi connectivity index (χ1n) is 6.89. The molecule has 0 aliphatic carbocycles. The van der Waals surface area contributed by atoms with E-state index in [1.165, 1.54) is 6.20 Å². The van der Waals surface area contributed by atoms with Crippen molar-refractivity contribution in [2.75, 3.05) is 5.32 Å². The molecule has 1 aromatic heterocycles. The lowest BCUT2D eigenvalue weighted by Gasteiger charge is -2.07. The molecule has 118 valence electrons. The molecule has 0 fully saturated rings. The van der Waals surface area contributed by atoms with Crippen molar-refractivity contribution in [2.45, 2.75) is 0 Å². The maximum absolute atomic E-state index is 9.09. The fourth-order valence-electron chi connectivity index (χ4n) is 1.84. The molecule has 0 aliphatic heterocycles. The molecule has 3 rings (SSSR count). The number of tetrazole rings is 1. The number of nitriles is 1. The highest BCUT2D eigenvalue weighted by atomic mass is 35.5. The van der Waals surface area contributed by atoms with E-state index < -0.39 is 0 Å². The number of hydrogen-bond acceptors (Lipinski definition) is 6. The largest absolute Gasteiger partial charge is 0.457 e. The van der Waals surface area contributed by atoms with Crippen LogP contribution in [0.5, 0.6) is 11.5 Å². The summed E-state index contributed by atoms with van der Waals surface area (Å²) in [5.74, 6) is 1.61. The van der Waals surface area contributed by atoms with Gasteiger partial charge in [-0.05, 0) is 53.7 Å². The first kappa shape index (κ1) is 15.5. The number of aromatic nitrogens is 4. The minimum atomic E-state index is 0.229. The third kappa shape index (κ3) is 3.88. The third-order valence-electron chi connectivity index (χ3n) is 2.99. The lowest BCUT2D eigenvalue weighted by atomic mass is 10.2. The molecule has 0 bridgehead atoms. The molecular weight excluding hydrogens is 328 g/mol. The van der Waals surface area contributed by atoms with Crippen LogP contribution < -0.4 is 10.1 Å². The summed E-state index contributed by atoms with van der Waals surface area (Å²) in [4.78, 5) is 0. The molecule has 24 heavy (non-hydrogen) atoms. The van der Waals surface area contributed by atoms with E-state index in [9.17, 15) is 0 Å². The molecule has 0 saturated heterocycles. The molecule has 0 spiro atoms. The van der Waals surface area contributed by atoms with Gasteiger partial charge >= 0.3 is 0 Å². The van der Waals surface area contributed by atoms with Crippen molar-refractivity contribution in [1.29, 1.82) is 5.26 Å². The lowest BCUT2D eigenvalue weighted by Crippen LogP contribution is -1.93. The molecular formula is C16H11ClN6O. The quantitative estimate of drug-likeness (QED) is 0.689. The molecule has 3 aromatic rings. The van der Waals surface area contributed by atoms with Crippen molar-refractivity contribution in [3.63, 3.8) is 0 Å². The van der Waals surface area contributed by atoms with Gasteiger partial charge in [-0.3, -0.25) is 0 Å². The van der Waals surface area contributed by atoms with E-state index in [-0.39, 0.29) is 11.4 Å². The minimum absolute atomic E-state index is 0.229. The zero-order valence-corrected chi connectivity index (χ0v) is 13.0. The van der Waals surface area contributed by atoms with Gasteiger partial charge in [0.2, 0.25) is 5.82 Å². The Hall–Kier alpha value is -3.37. The summed E-state index contributed by atoms with van der Waals surface area (Å²) in [6.45, 7) is 0. The van der Waals surface area contributed by atoms with Gasteiger partial charge in [0.1, 0.15) is 23.1 Å². The van der Waals surface area contributed by atoms with Gasteiger partial charge in [0.15, 0.2) is 0 Å². The highest BCUT2D eigenvalue weighted by molar-refractivity contribution is 6.30. The minimum Gasteiger partial charge on any atom is -0.457 e. The van der Waals surface area contributed by atoms with Gasteiger partial charge < -0.3 is 10.1 Å². The number of allylic oxidation sites excluding steroid dienone is 1. The normalized spacial score (nSPS) is 10.9. The molecule has 8 heteroatoms. The summed E-state index contributed by atoms with van der Waals surface area (Å²) in [6.07, 6.45) is 1.51. The average molecular weight is 339 g/mol. The molecule has 7 nitrogen and oxygen atoms in total. The third-order valence-corrected chi connectivity index (χ3v) is 3.25. The topological polar surface area (TPSA) is 99.5 Å². The number of ether oxygens (including phenoxy) is 1. The van der Waals surface area contributed by atoms with Crippen LogP contribution in [0.15, 0.2) is 54.7 Å². The Bertz CT molecular complexity index is 866. The molecule has 0 saturated carbocycles. The Morgan fingerprint density at radius 2 is 1.79 bits per heavy atom. The lowest BCUT2D eigenvalue weighted by molar-refractivity contribution is 0.483. The molecule has 0 amide bonds. The number of hydrogen-bond donors (Lipinski definition) is 2. The maximum atomic E-state index is 9.09. The van der Waals surface area contributed by atoms with Crippen molar-refractivity contribution in [2.24, 2.45) is 0 Å². The summed E-state index contributed by atoms with van der Waals surface area (Å²) in [6, 6.07) is 16.4. The second kappa shape index (κ2) is 7.26. The average Bonchev–Trinajstić information content (AvgIpc) is 3.13.